The third-order valence-electron chi connectivity index (χ3n) is 4.28. The van der Waals surface area contributed by atoms with Crippen LogP contribution in [0, 0.1) is 0 Å². The molecule has 0 heterocycles. The van der Waals surface area contributed by atoms with Crippen LogP contribution in [-0.4, -0.2) is 28.6 Å². The molecule has 0 unspecified atom stereocenters. The second kappa shape index (κ2) is 7.99. The van der Waals surface area contributed by atoms with Gasteiger partial charge >= 0.3 is 5.97 Å². The summed E-state index contributed by atoms with van der Waals surface area (Å²) in [5, 5.41) is 8.63. The number of nitrogens with zero attached hydrogens (tertiary/aromatic N) is 1. The quantitative estimate of drug-likeness (QED) is 0.806. The van der Waals surface area contributed by atoms with Crippen LogP contribution in [-0.2, 0) is 11.3 Å². The Morgan fingerprint density at radius 2 is 1.90 bits per heavy atom. The molecule has 1 aliphatic carbocycles. The third kappa shape index (κ3) is 5.01. The fraction of sp³-hybridized carbons (Fsp3) is 0.500. The molecule has 1 N–H and O–H groups in total. The maximum absolute atomic E-state index is 10.5. The summed E-state index contributed by atoms with van der Waals surface area (Å²) in [4.78, 5) is 13.1. The first-order chi connectivity index (χ1) is 10.2. The number of hydrogen-bond acceptors (Lipinski definition) is 2. The molecule has 1 aromatic carbocycles. The van der Waals surface area contributed by atoms with E-state index in [9.17, 15) is 4.79 Å². The van der Waals surface area contributed by atoms with Gasteiger partial charge in [0.2, 0.25) is 0 Å². The SMILES string of the molecule is CCN(Cc1ccc(C=CC(=O)O)cc1)C1CCCCC1. The second-order valence-corrected chi connectivity index (χ2v) is 5.77. The van der Waals surface area contributed by atoms with E-state index in [0.29, 0.717) is 0 Å². The van der Waals surface area contributed by atoms with Crippen molar-refractivity contribution in [2.45, 2.75) is 51.6 Å². The van der Waals surface area contributed by atoms with Crippen LogP contribution in [0.25, 0.3) is 6.08 Å². The van der Waals surface area contributed by atoms with Crippen molar-refractivity contribution < 1.29 is 9.90 Å². The number of rotatable bonds is 6. The Morgan fingerprint density at radius 3 is 2.48 bits per heavy atom. The highest BCUT2D eigenvalue weighted by molar-refractivity contribution is 5.85. The highest BCUT2D eigenvalue weighted by Crippen LogP contribution is 2.24. The van der Waals surface area contributed by atoms with Crippen LogP contribution in [0.15, 0.2) is 30.3 Å². The van der Waals surface area contributed by atoms with Gasteiger partial charge in [0, 0.05) is 18.7 Å². The number of aliphatic carboxylic acids is 1. The second-order valence-electron chi connectivity index (χ2n) is 5.77. The van der Waals surface area contributed by atoms with E-state index in [0.717, 1.165) is 24.7 Å². The Kier molecular flexibility index (Phi) is 6.00. The lowest BCUT2D eigenvalue weighted by molar-refractivity contribution is -0.131. The van der Waals surface area contributed by atoms with Crippen molar-refractivity contribution in [1.82, 2.24) is 4.90 Å². The summed E-state index contributed by atoms with van der Waals surface area (Å²) in [6, 6.07) is 8.92. The summed E-state index contributed by atoms with van der Waals surface area (Å²) >= 11 is 0. The minimum atomic E-state index is -0.909. The molecule has 3 heteroatoms. The predicted molar refractivity (Wildman–Crippen MR) is 86.1 cm³/mol. The monoisotopic (exact) mass is 287 g/mol. The van der Waals surface area contributed by atoms with Crippen molar-refractivity contribution in [3.05, 3.63) is 41.5 Å². The predicted octanol–water partition coefficient (Wildman–Crippen LogP) is 3.94. The summed E-state index contributed by atoms with van der Waals surface area (Å²) in [6.45, 7) is 4.31. The van der Waals surface area contributed by atoms with E-state index < -0.39 is 5.97 Å². The number of hydrogen-bond donors (Lipinski definition) is 1. The molecule has 0 atom stereocenters. The van der Waals surface area contributed by atoms with E-state index in [2.05, 4.69) is 24.0 Å². The summed E-state index contributed by atoms with van der Waals surface area (Å²) in [7, 11) is 0. The van der Waals surface area contributed by atoms with Gasteiger partial charge in [-0.2, -0.15) is 0 Å². The Labute approximate surface area is 127 Å². The van der Waals surface area contributed by atoms with Crippen LogP contribution in [0.5, 0.6) is 0 Å². The Bertz CT molecular complexity index is 472. The molecule has 1 aromatic rings. The minimum Gasteiger partial charge on any atom is -0.478 e. The van der Waals surface area contributed by atoms with Crippen molar-refractivity contribution in [2.75, 3.05) is 6.54 Å². The van der Waals surface area contributed by atoms with E-state index in [4.69, 9.17) is 5.11 Å². The average Bonchev–Trinajstić information content (AvgIpc) is 2.52. The Balaban J connectivity index is 1.96. The highest BCUT2D eigenvalue weighted by Gasteiger charge is 2.19. The molecule has 0 aromatic heterocycles. The first-order valence-corrected chi connectivity index (χ1v) is 7.93. The Morgan fingerprint density at radius 1 is 1.24 bits per heavy atom. The van der Waals surface area contributed by atoms with E-state index in [1.807, 2.05) is 12.1 Å². The van der Waals surface area contributed by atoms with Gasteiger partial charge in [0.05, 0.1) is 0 Å². The van der Waals surface area contributed by atoms with Crippen molar-refractivity contribution >= 4 is 12.0 Å². The lowest BCUT2D eigenvalue weighted by atomic mass is 9.94. The fourth-order valence-electron chi connectivity index (χ4n) is 3.08. The zero-order valence-corrected chi connectivity index (χ0v) is 12.8. The summed E-state index contributed by atoms with van der Waals surface area (Å²) in [5.74, 6) is -0.909. The molecule has 21 heavy (non-hydrogen) atoms. The lowest BCUT2D eigenvalue weighted by Crippen LogP contribution is -2.36. The van der Waals surface area contributed by atoms with Crippen LogP contribution in [0.2, 0.25) is 0 Å². The van der Waals surface area contributed by atoms with Gasteiger partial charge in [0.25, 0.3) is 0 Å². The maximum atomic E-state index is 10.5. The van der Waals surface area contributed by atoms with Crippen LogP contribution in [0.3, 0.4) is 0 Å². The standard InChI is InChI=1S/C18H25NO2/c1-2-19(17-6-4-3-5-7-17)14-16-10-8-15(9-11-16)12-13-18(20)21/h8-13,17H,2-7,14H2,1H3,(H,20,21). The molecule has 114 valence electrons. The third-order valence-corrected chi connectivity index (χ3v) is 4.28. The van der Waals surface area contributed by atoms with Gasteiger partial charge in [-0.3, -0.25) is 4.90 Å². The van der Waals surface area contributed by atoms with Crippen LogP contribution in [0.1, 0.15) is 50.2 Å². The average molecular weight is 287 g/mol. The normalized spacial score (nSPS) is 16.7. The molecule has 1 saturated carbocycles. The molecule has 0 amide bonds. The van der Waals surface area contributed by atoms with E-state index in [1.54, 1.807) is 6.08 Å². The summed E-state index contributed by atoms with van der Waals surface area (Å²) in [5.41, 5.74) is 2.23. The molecule has 2 rings (SSSR count). The van der Waals surface area contributed by atoms with E-state index >= 15 is 0 Å². The van der Waals surface area contributed by atoms with Gasteiger partial charge in [-0.05, 0) is 36.6 Å². The van der Waals surface area contributed by atoms with Crippen molar-refractivity contribution in [3.63, 3.8) is 0 Å². The molecule has 0 radical (unpaired) electrons. The molecule has 0 bridgehead atoms. The number of carbonyl (C=O) groups is 1. The molecule has 0 aliphatic heterocycles. The molecule has 1 fully saturated rings. The first-order valence-electron chi connectivity index (χ1n) is 7.93. The number of carboxylic acids is 1. The minimum absolute atomic E-state index is 0.732. The summed E-state index contributed by atoms with van der Waals surface area (Å²) < 4.78 is 0. The smallest absolute Gasteiger partial charge is 0.328 e. The number of carboxylic acid groups (broad SMARTS) is 1. The van der Waals surface area contributed by atoms with E-state index in [-0.39, 0.29) is 0 Å². The van der Waals surface area contributed by atoms with Gasteiger partial charge in [0.1, 0.15) is 0 Å². The first kappa shape index (κ1) is 15.8. The fourth-order valence-corrected chi connectivity index (χ4v) is 3.08. The van der Waals surface area contributed by atoms with Crippen molar-refractivity contribution in [1.29, 1.82) is 0 Å². The number of benzene rings is 1. The van der Waals surface area contributed by atoms with Crippen LogP contribution >= 0.6 is 0 Å². The van der Waals surface area contributed by atoms with E-state index in [1.165, 1.54) is 43.7 Å². The largest absolute Gasteiger partial charge is 0.478 e. The highest BCUT2D eigenvalue weighted by atomic mass is 16.4. The Hall–Kier alpha value is -1.61. The molecule has 3 nitrogen and oxygen atoms in total. The van der Waals surface area contributed by atoms with Gasteiger partial charge in [-0.25, -0.2) is 4.79 Å². The summed E-state index contributed by atoms with van der Waals surface area (Å²) in [6.07, 6.45) is 9.57. The molecule has 0 spiro atoms. The lowest BCUT2D eigenvalue weighted by Gasteiger charge is -2.33. The topological polar surface area (TPSA) is 40.5 Å². The van der Waals surface area contributed by atoms with Crippen LogP contribution in [0.4, 0.5) is 0 Å². The van der Waals surface area contributed by atoms with Gasteiger partial charge in [-0.15, -0.1) is 0 Å². The molecule has 1 aliphatic rings. The van der Waals surface area contributed by atoms with Crippen LogP contribution < -0.4 is 0 Å². The van der Waals surface area contributed by atoms with Gasteiger partial charge < -0.3 is 5.11 Å². The zero-order chi connectivity index (χ0) is 15.1. The van der Waals surface area contributed by atoms with Crippen molar-refractivity contribution in [3.8, 4) is 0 Å². The van der Waals surface area contributed by atoms with Gasteiger partial charge in [0.15, 0.2) is 0 Å². The van der Waals surface area contributed by atoms with Gasteiger partial charge in [-0.1, -0.05) is 50.5 Å². The maximum Gasteiger partial charge on any atom is 0.328 e. The zero-order valence-electron chi connectivity index (χ0n) is 12.8. The van der Waals surface area contributed by atoms with Crippen molar-refractivity contribution in [2.24, 2.45) is 0 Å². The molecule has 0 saturated heterocycles. The molecular formula is C18H25NO2. The molecular weight excluding hydrogens is 262 g/mol.